The number of H-pyrrole nitrogens is 1. The maximum atomic E-state index is 14.1. The van der Waals surface area contributed by atoms with Crippen LogP contribution in [-0.4, -0.2) is 30.7 Å². The predicted octanol–water partition coefficient (Wildman–Crippen LogP) is 4.53. The van der Waals surface area contributed by atoms with Crippen molar-refractivity contribution in [1.29, 1.82) is 5.26 Å². The summed E-state index contributed by atoms with van der Waals surface area (Å²) in [6.45, 7) is 0. The molecule has 3 heterocycles. The van der Waals surface area contributed by atoms with Crippen molar-refractivity contribution < 1.29 is 13.2 Å². The highest BCUT2D eigenvalue weighted by atomic mass is 19.3. The van der Waals surface area contributed by atoms with Gasteiger partial charge in [0.15, 0.2) is 5.65 Å². The van der Waals surface area contributed by atoms with Crippen LogP contribution in [0.3, 0.4) is 0 Å². The highest BCUT2D eigenvalue weighted by Crippen LogP contribution is 2.38. The van der Waals surface area contributed by atoms with Gasteiger partial charge in [-0.15, -0.1) is 0 Å². The number of benzene rings is 1. The molecule has 5 rings (SSSR count). The van der Waals surface area contributed by atoms with Crippen molar-refractivity contribution in [3.05, 3.63) is 76.0 Å². The third kappa shape index (κ3) is 4.17. The Balaban J connectivity index is 1.52. The van der Waals surface area contributed by atoms with Crippen LogP contribution in [0.25, 0.3) is 22.2 Å². The van der Waals surface area contributed by atoms with Crippen LogP contribution in [0.5, 0.6) is 0 Å². The van der Waals surface area contributed by atoms with Gasteiger partial charge < -0.3 is 4.98 Å². The lowest BCUT2D eigenvalue weighted by molar-refractivity contribution is -0.0446. The zero-order valence-corrected chi connectivity index (χ0v) is 17.9. The minimum atomic E-state index is -2.68. The van der Waals surface area contributed by atoms with Crippen LogP contribution in [0, 0.1) is 17.1 Å². The first-order valence-corrected chi connectivity index (χ1v) is 10.8. The molecule has 0 spiro atoms. The largest absolute Gasteiger partial charge is 0.310 e. The SMILES string of the molecule is N#Cc1ccc(-c2ccc(F)cc2Cc2nc3c(cnn3C3CCC(F)(F)CC3)c(=O)[nH]2)cn1. The predicted molar refractivity (Wildman–Crippen MR) is 118 cm³/mol. The highest BCUT2D eigenvalue weighted by molar-refractivity contribution is 5.73. The first kappa shape index (κ1) is 21.8. The molecule has 0 aliphatic heterocycles. The van der Waals surface area contributed by atoms with Crippen molar-refractivity contribution in [3.63, 3.8) is 0 Å². The zero-order valence-electron chi connectivity index (χ0n) is 17.9. The molecule has 1 aliphatic carbocycles. The molecular weight excluding hydrogens is 445 g/mol. The van der Waals surface area contributed by atoms with E-state index >= 15 is 0 Å². The van der Waals surface area contributed by atoms with Crippen LogP contribution in [0.4, 0.5) is 13.2 Å². The van der Waals surface area contributed by atoms with Gasteiger partial charge in [-0.25, -0.2) is 27.8 Å². The summed E-state index contributed by atoms with van der Waals surface area (Å²) < 4.78 is 42.9. The molecule has 172 valence electrons. The number of alkyl halides is 2. The van der Waals surface area contributed by atoms with Crippen molar-refractivity contribution in [2.45, 2.75) is 44.1 Å². The van der Waals surface area contributed by atoms with Gasteiger partial charge in [0.2, 0.25) is 5.92 Å². The second-order valence-electron chi connectivity index (χ2n) is 8.45. The Morgan fingerprint density at radius 2 is 1.97 bits per heavy atom. The summed E-state index contributed by atoms with van der Waals surface area (Å²) in [4.78, 5) is 24.1. The van der Waals surface area contributed by atoms with Gasteiger partial charge in [-0.2, -0.15) is 10.4 Å². The Morgan fingerprint density at radius 3 is 2.68 bits per heavy atom. The fourth-order valence-corrected chi connectivity index (χ4v) is 4.39. The van der Waals surface area contributed by atoms with Crippen LogP contribution in [0.2, 0.25) is 0 Å². The Bertz CT molecular complexity index is 1460. The molecule has 1 N–H and O–H groups in total. The smallest absolute Gasteiger partial charge is 0.262 e. The minimum absolute atomic E-state index is 0.117. The standard InChI is InChI=1S/C24H19F3N6O/c25-16-2-4-19(14-1-3-17(11-28)29-12-14)15(9-16)10-21-31-22-20(23(34)32-21)13-30-33(22)18-5-7-24(26,27)8-6-18/h1-4,9,12-13,18H,5-8,10H2,(H,31,32,34). The summed E-state index contributed by atoms with van der Waals surface area (Å²) in [7, 11) is 0. The number of aromatic nitrogens is 5. The molecule has 1 saturated carbocycles. The summed E-state index contributed by atoms with van der Waals surface area (Å²) in [6.07, 6.45) is 3.06. The van der Waals surface area contributed by atoms with Gasteiger partial charge >= 0.3 is 0 Å². The van der Waals surface area contributed by atoms with Crippen LogP contribution in [0.15, 0.2) is 47.5 Å². The van der Waals surface area contributed by atoms with E-state index in [1.165, 1.54) is 24.5 Å². The summed E-state index contributed by atoms with van der Waals surface area (Å²) in [5.74, 6) is -2.82. The summed E-state index contributed by atoms with van der Waals surface area (Å²) >= 11 is 0. The molecule has 1 aliphatic rings. The van der Waals surface area contributed by atoms with Gasteiger partial charge in [-0.1, -0.05) is 6.07 Å². The molecule has 7 nitrogen and oxygen atoms in total. The van der Waals surface area contributed by atoms with Crippen molar-refractivity contribution in [2.24, 2.45) is 0 Å². The summed E-state index contributed by atoms with van der Waals surface area (Å²) in [5, 5.41) is 13.5. The van der Waals surface area contributed by atoms with E-state index in [0.29, 0.717) is 28.2 Å². The Kier molecular flexibility index (Phi) is 5.40. The van der Waals surface area contributed by atoms with Gasteiger partial charge in [0, 0.05) is 31.0 Å². The molecular formula is C24H19F3N6O. The summed E-state index contributed by atoms with van der Waals surface area (Å²) in [6, 6.07) is 9.27. The van der Waals surface area contributed by atoms with Gasteiger partial charge in [0.25, 0.3) is 5.56 Å². The van der Waals surface area contributed by atoms with E-state index < -0.39 is 17.3 Å². The number of nitrogens with zero attached hydrogens (tertiary/aromatic N) is 5. The molecule has 0 amide bonds. The molecule has 3 aromatic heterocycles. The number of hydrogen-bond acceptors (Lipinski definition) is 5. The quantitative estimate of drug-likeness (QED) is 0.478. The third-order valence-corrected chi connectivity index (χ3v) is 6.16. The van der Waals surface area contributed by atoms with Crippen molar-refractivity contribution in [1.82, 2.24) is 24.7 Å². The maximum Gasteiger partial charge on any atom is 0.262 e. The number of fused-ring (bicyclic) bond motifs is 1. The van der Waals surface area contributed by atoms with E-state index in [2.05, 4.69) is 20.1 Å². The van der Waals surface area contributed by atoms with E-state index in [4.69, 9.17) is 5.26 Å². The molecule has 0 bridgehead atoms. The topological polar surface area (TPSA) is 100 Å². The molecule has 10 heteroatoms. The fourth-order valence-electron chi connectivity index (χ4n) is 4.39. The Hall–Kier alpha value is -4.00. The molecule has 0 saturated heterocycles. The van der Waals surface area contributed by atoms with Crippen molar-refractivity contribution >= 4 is 11.0 Å². The monoisotopic (exact) mass is 464 g/mol. The molecule has 0 radical (unpaired) electrons. The van der Waals surface area contributed by atoms with Crippen LogP contribution < -0.4 is 5.56 Å². The minimum Gasteiger partial charge on any atom is -0.310 e. The molecule has 0 atom stereocenters. The molecule has 1 fully saturated rings. The average Bonchev–Trinajstić information content (AvgIpc) is 3.24. The molecule has 34 heavy (non-hydrogen) atoms. The Labute approximate surface area is 191 Å². The van der Waals surface area contributed by atoms with Crippen molar-refractivity contribution in [3.8, 4) is 17.2 Å². The highest BCUT2D eigenvalue weighted by Gasteiger charge is 2.36. The van der Waals surface area contributed by atoms with Crippen LogP contribution in [0.1, 0.15) is 48.8 Å². The molecule has 4 aromatic rings. The lowest BCUT2D eigenvalue weighted by Gasteiger charge is -2.28. The Morgan fingerprint density at radius 1 is 1.18 bits per heavy atom. The van der Waals surface area contributed by atoms with Gasteiger partial charge in [0.05, 0.1) is 12.2 Å². The lowest BCUT2D eigenvalue weighted by atomic mass is 9.92. The van der Waals surface area contributed by atoms with E-state index in [-0.39, 0.29) is 49.2 Å². The zero-order chi connectivity index (χ0) is 23.9. The number of hydrogen-bond donors (Lipinski definition) is 1. The first-order chi connectivity index (χ1) is 16.3. The summed E-state index contributed by atoms with van der Waals surface area (Å²) in [5.41, 5.74) is 2.13. The number of rotatable bonds is 4. The second kappa shape index (κ2) is 8.41. The third-order valence-electron chi connectivity index (χ3n) is 6.16. The second-order valence-corrected chi connectivity index (χ2v) is 8.45. The van der Waals surface area contributed by atoms with E-state index in [0.717, 1.165) is 0 Å². The molecule has 1 aromatic carbocycles. The lowest BCUT2D eigenvalue weighted by Crippen LogP contribution is -2.27. The average molecular weight is 464 g/mol. The molecule has 0 unspecified atom stereocenters. The van der Waals surface area contributed by atoms with Gasteiger partial charge in [-0.05, 0) is 48.2 Å². The van der Waals surface area contributed by atoms with Crippen molar-refractivity contribution in [2.75, 3.05) is 0 Å². The number of nitrogens with one attached hydrogen (secondary N) is 1. The number of nitriles is 1. The normalized spacial score (nSPS) is 15.9. The number of aromatic amines is 1. The number of halogens is 3. The van der Waals surface area contributed by atoms with E-state index in [1.807, 2.05) is 6.07 Å². The van der Waals surface area contributed by atoms with E-state index in [1.54, 1.807) is 22.9 Å². The van der Waals surface area contributed by atoms with Crippen LogP contribution in [-0.2, 0) is 6.42 Å². The van der Waals surface area contributed by atoms with Crippen LogP contribution >= 0.6 is 0 Å². The number of pyridine rings is 1. The first-order valence-electron chi connectivity index (χ1n) is 10.8. The fraction of sp³-hybridized carbons (Fsp3) is 0.292. The van der Waals surface area contributed by atoms with E-state index in [9.17, 15) is 18.0 Å². The van der Waals surface area contributed by atoms with Gasteiger partial charge in [0.1, 0.15) is 28.8 Å². The maximum absolute atomic E-state index is 14.1. The van der Waals surface area contributed by atoms with Gasteiger partial charge in [-0.3, -0.25) is 4.79 Å².